The summed E-state index contributed by atoms with van der Waals surface area (Å²) in [6.45, 7) is 1.54. The van der Waals surface area contributed by atoms with Crippen LogP contribution in [0.2, 0.25) is 0 Å². The van der Waals surface area contributed by atoms with E-state index in [2.05, 4.69) is 6.08 Å². The SMILES string of the molecule is CC(=O)N1C=CC(=Cc2ccccc2)C=C1. The Hall–Kier alpha value is -2.09. The zero-order valence-electron chi connectivity index (χ0n) is 9.13. The summed E-state index contributed by atoms with van der Waals surface area (Å²) in [5.41, 5.74) is 2.24. The third-order valence-electron chi connectivity index (χ3n) is 2.35. The van der Waals surface area contributed by atoms with E-state index < -0.39 is 0 Å². The van der Waals surface area contributed by atoms with Gasteiger partial charge in [-0.2, -0.15) is 0 Å². The van der Waals surface area contributed by atoms with Crippen LogP contribution in [0, 0.1) is 0 Å². The van der Waals surface area contributed by atoms with Crippen molar-refractivity contribution in [1.82, 2.24) is 4.90 Å². The normalized spacial score (nSPS) is 14.1. The molecular formula is C14H13NO. The summed E-state index contributed by atoms with van der Waals surface area (Å²) in [5, 5.41) is 0. The number of allylic oxidation sites excluding steroid dienone is 3. The van der Waals surface area contributed by atoms with Gasteiger partial charge in [0.15, 0.2) is 0 Å². The number of nitrogens with zero attached hydrogens (tertiary/aromatic N) is 1. The first-order valence-electron chi connectivity index (χ1n) is 5.18. The van der Waals surface area contributed by atoms with E-state index in [0.29, 0.717) is 0 Å². The van der Waals surface area contributed by atoms with Gasteiger partial charge in [0.25, 0.3) is 0 Å². The van der Waals surface area contributed by atoms with Crippen molar-refractivity contribution >= 4 is 12.0 Å². The van der Waals surface area contributed by atoms with E-state index in [-0.39, 0.29) is 5.91 Å². The van der Waals surface area contributed by atoms with Gasteiger partial charge in [0.1, 0.15) is 0 Å². The molecule has 16 heavy (non-hydrogen) atoms. The van der Waals surface area contributed by atoms with Crippen LogP contribution in [0.25, 0.3) is 6.08 Å². The van der Waals surface area contributed by atoms with Crippen LogP contribution in [-0.2, 0) is 4.79 Å². The van der Waals surface area contributed by atoms with Crippen LogP contribution in [0.15, 0.2) is 60.5 Å². The molecule has 0 aliphatic carbocycles. The fourth-order valence-corrected chi connectivity index (χ4v) is 1.49. The Bertz CT molecular complexity index is 453. The van der Waals surface area contributed by atoms with Crippen LogP contribution in [-0.4, -0.2) is 10.8 Å². The number of amides is 1. The average molecular weight is 211 g/mol. The molecule has 0 fully saturated rings. The molecule has 1 aliphatic heterocycles. The van der Waals surface area contributed by atoms with Crippen molar-refractivity contribution in [2.24, 2.45) is 0 Å². The Morgan fingerprint density at radius 3 is 2.31 bits per heavy atom. The second kappa shape index (κ2) is 4.62. The molecule has 2 nitrogen and oxygen atoms in total. The van der Waals surface area contributed by atoms with Gasteiger partial charge in [-0.05, 0) is 29.4 Å². The van der Waals surface area contributed by atoms with Crippen LogP contribution >= 0.6 is 0 Å². The number of hydrogen-bond donors (Lipinski definition) is 0. The predicted octanol–water partition coefficient (Wildman–Crippen LogP) is 2.96. The van der Waals surface area contributed by atoms with E-state index in [4.69, 9.17) is 0 Å². The maximum Gasteiger partial charge on any atom is 0.227 e. The lowest BCUT2D eigenvalue weighted by Gasteiger charge is -2.14. The van der Waals surface area contributed by atoms with E-state index in [0.717, 1.165) is 11.1 Å². The highest BCUT2D eigenvalue weighted by atomic mass is 16.2. The van der Waals surface area contributed by atoms with Crippen LogP contribution in [0.3, 0.4) is 0 Å². The molecule has 1 aromatic rings. The summed E-state index contributed by atoms with van der Waals surface area (Å²) in [4.78, 5) is 12.6. The molecule has 0 aromatic heterocycles. The highest BCUT2D eigenvalue weighted by Crippen LogP contribution is 2.13. The van der Waals surface area contributed by atoms with Crippen LogP contribution < -0.4 is 0 Å². The molecule has 1 amide bonds. The number of hydrogen-bond acceptors (Lipinski definition) is 1. The van der Waals surface area contributed by atoms with E-state index in [1.54, 1.807) is 24.2 Å². The molecule has 1 aromatic carbocycles. The molecular weight excluding hydrogens is 198 g/mol. The third-order valence-corrected chi connectivity index (χ3v) is 2.35. The molecule has 0 spiro atoms. The van der Waals surface area contributed by atoms with Crippen molar-refractivity contribution in [3.8, 4) is 0 Å². The smallest absolute Gasteiger partial charge is 0.227 e. The monoisotopic (exact) mass is 211 g/mol. The molecule has 1 aliphatic rings. The van der Waals surface area contributed by atoms with Gasteiger partial charge in [-0.25, -0.2) is 0 Å². The summed E-state index contributed by atoms with van der Waals surface area (Å²) < 4.78 is 0. The van der Waals surface area contributed by atoms with Gasteiger partial charge in [0.2, 0.25) is 5.91 Å². The molecule has 0 saturated carbocycles. The fourth-order valence-electron chi connectivity index (χ4n) is 1.49. The fraction of sp³-hybridized carbons (Fsp3) is 0.0714. The number of benzene rings is 1. The van der Waals surface area contributed by atoms with Crippen LogP contribution in [0.4, 0.5) is 0 Å². The quantitative estimate of drug-likeness (QED) is 0.699. The van der Waals surface area contributed by atoms with E-state index in [1.807, 2.05) is 42.5 Å². The summed E-state index contributed by atoms with van der Waals surface area (Å²) in [6, 6.07) is 10.1. The summed E-state index contributed by atoms with van der Waals surface area (Å²) in [6.07, 6.45) is 9.47. The minimum atomic E-state index is 0.0197. The van der Waals surface area contributed by atoms with Gasteiger partial charge < -0.3 is 0 Å². The summed E-state index contributed by atoms with van der Waals surface area (Å²) in [5.74, 6) is 0.0197. The molecule has 0 unspecified atom stereocenters. The van der Waals surface area contributed by atoms with E-state index in [1.165, 1.54) is 0 Å². The molecule has 1 heterocycles. The molecule has 0 bridgehead atoms. The standard InChI is InChI=1S/C14H13NO/c1-12(16)15-9-7-14(8-10-15)11-13-5-3-2-4-6-13/h2-11H,1H3. The lowest BCUT2D eigenvalue weighted by atomic mass is 10.1. The molecule has 0 saturated heterocycles. The van der Waals surface area contributed by atoms with Gasteiger partial charge in [-0.1, -0.05) is 30.3 Å². The Morgan fingerprint density at radius 2 is 1.75 bits per heavy atom. The summed E-state index contributed by atoms with van der Waals surface area (Å²) >= 11 is 0. The van der Waals surface area contributed by atoms with Gasteiger partial charge in [-0.3, -0.25) is 9.69 Å². The summed E-state index contributed by atoms with van der Waals surface area (Å²) in [7, 11) is 0. The Labute approximate surface area is 95.2 Å². The maximum absolute atomic E-state index is 11.1. The first kappa shape index (κ1) is 10.4. The second-order valence-electron chi connectivity index (χ2n) is 3.61. The van der Waals surface area contributed by atoms with Crippen LogP contribution in [0.1, 0.15) is 12.5 Å². The minimum Gasteiger partial charge on any atom is -0.295 e. The number of rotatable bonds is 1. The molecule has 80 valence electrons. The zero-order chi connectivity index (χ0) is 11.4. The first-order valence-corrected chi connectivity index (χ1v) is 5.18. The highest BCUT2D eigenvalue weighted by molar-refractivity contribution is 5.76. The largest absolute Gasteiger partial charge is 0.295 e. The molecule has 0 atom stereocenters. The highest BCUT2D eigenvalue weighted by Gasteiger charge is 2.03. The molecule has 2 heteroatoms. The van der Waals surface area contributed by atoms with Crippen molar-refractivity contribution in [2.75, 3.05) is 0 Å². The van der Waals surface area contributed by atoms with Gasteiger partial charge in [-0.15, -0.1) is 0 Å². The first-order chi connectivity index (χ1) is 7.75. The van der Waals surface area contributed by atoms with Crippen molar-refractivity contribution < 1.29 is 4.79 Å². The van der Waals surface area contributed by atoms with Crippen molar-refractivity contribution in [1.29, 1.82) is 0 Å². The number of carbonyl (C=O) groups is 1. The minimum absolute atomic E-state index is 0.0197. The van der Waals surface area contributed by atoms with Gasteiger partial charge in [0, 0.05) is 19.3 Å². The topological polar surface area (TPSA) is 20.3 Å². The maximum atomic E-state index is 11.1. The van der Waals surface area contributed by atoms with Crippen molar-refractivity contribution in [3.63, 3.8) is 0 Å². The van der Waals surface area contributed by atoms with E-state index >= 15 is 0 Å². The van der Waals surface area contributed by atoms with Crippen molar-refractivity contribution in [2.45, 2.75) is 6.92 Å². The van der Waals surface area contributed by atoms with Crippen molar-refractivity contribution in [3.05, 3.63) is 66.0 Å². The lowest BCUT2D eigenvalue weighted by Crippen LogP contribution is -2.17. The van der Waals surface area contributed by atoms with E-state index in [9.17, 15) is 4.79 Å². The molecule has 0 N–H and O–H groups in total. The zero-order valence-corrected chi connectivity index (χ0v) is 9.13. The molecule has 2 rings (SSSR count). The predicted molar refractivity (Wildman–Crippen MR) is 65.2 cm³/mol. The van der Waals surface area contributed by atoms with Crippen LogP contribution in [0.5, 0.6) is 0 Å². The Kier molecular flexibility index (Phi) is 3.01. The third kappa shape index (κ3) is 2.48. The van der Waals surface area contributed by atoms with Gasteiger partial charge >= 0.3 is 0 Å². The Morgan fingerprint density at radius 1 is 1.12 bits per heavy atom. The average Bonchev–Trinajstić information content (AvgIpc) is 2.31. The second-order valence-corrected chi connectivity index (χ2v) is 3.61. The van der Waals surface area contributed by atoms with Gasteiger partial charge in [0.05, 0.1) is 0 Å². The Balaban J connectivity index is 2.16. The lowest BCUT2D eigenvalue weighted by molar-refractivity contribution is -0.124. The molecule has 0 radical (unpaired) electrons. The number of carbonyl (C=O) groups excluding carboxylic acids is 1.